The lowest BCUT2D eigenvalue weighted by Crippen LogP contribution is -2.07. The first-order chi connectivity index (χ1) is 15.2. The second-order valence-corrected chi connectivity index (χ2v) is 7.46. The number of rotatable bonds is 8. The summed E-state index contributed by atoms with van der Waals surface area (Å²) >= 11 is 6.10. The number of fused-ring (bicyclic) bond motifs is 1. The van der Waals surface area contributed by atoms with E-state index >= 15 is 0 Å². The van der Waals surface area contributed by atoms with Crippen molar-refractivity contribution in [3.8, 4) is 11.5 Å². The largest absolute Gasteiger partial charge is 0.496 e. The van der Waals surface area contributed by atoms with E-state index < -0.39 is 0 Å². The van der Waals surface area contributed by atoms with Gasteiger partial charge in [0.1, 0.15) is 18.1 Å². The Morgan fingerprint density at radius 2 is 1.74 bits per heavy atom. The molecule has 0 saturated carbocycles. The zero-order chi connectivity index (χ0) is 21.5. The molecule has 4 aromatic rings. The molecule has 0 atom stereocenters. The number of nitrogens with one attached hydrogen (secondary N) is 1. The Bertz CT molecular complexity index is 1210. The molecule has 0 aromatic heterocycles. The summed E-state index contributed by atoms with van der Waals surface area (Å²) in [5, 5.41) is 7.36. The molecule has 0 bridgehead atoms. The molecule has 0 heterocycles. The summed E-state index contributed by atoms with van der Waals surface area (Å²) in [7, 11) is 1.67. The van der Waals surface area contributed by atoms with Gasteiger partial charge in [-0.15, -0.1) is 0 Å². The molecule has 0 unspecified atom stereocenters. The normalized spacial score (nSPS) is 11.0. The zero-order valence-corrected chi connectivity index (χ0v) is 18.0. The standard InChI is InChI=1S/C26H23ClN2O2/c1-30-25-12-5-3-9-21(25)16-28-29-17-24-23-11-4-2-8-20(23)13-14-26(24)31-18-19-7-6-10-22(27)15-19/h2-15,17,28H,16,18H2,1H3/b29-17+. The Kier molecular flexibility index (Phi) is 6.70. The summed E-state index contributed by atoms with van der Waals surface area (Å²) in [6, 6.07) is 27.8. The lowest BCUT2D eigenvalue weighted by Gasteiger charge is -2.12. The minimum absolute atomic E-state index is 0.425. The fourth-order valence-electron chi connectivity index (χ4n) is 3.41. The molecule has 0 aliphatic heterocycles. The molecule has 1 N–H and O–H groups in total. The van der Waals surface area contributed by atoms with Crippen LogP contribution in [0.15, 0.2) is 90.0 Å². The van der Waals surface area contributed by atoms with Gasteiger partial charge in [0.2, 0.25) is 0 Å². The molecular formula is C26H23ClN2O2. The fourth-order valence-corrected chi connectivity index (χ4v) is 3.63. The van der Waals surface area contributed by atoms with Crippen molar-refractivity contribution >= 4 is 28.6 Å². The lowest BCUT2D eigenvalue weighted by molar-refractivity contribution is 0.306. The average molecular weight is 431 g/mol. The van der Waals surface area contributed by atoms with Crippen molar-refractivity contribution in [2.24, 2.45) is 5.10 Å². The number of methoxy groups -OCH3 is 1. The van der Waals surface area contributed by atoms with E-state index in [9.17, 15) is 0 Å². The van der Waals surface area contributed by atoms with Crippen LogP contribution in [0.25, 0.3) is 10.8 Å². The van der Waals surface area contributed by atoms with Crippen LogP contribution in [-0.4, -0.2) is 13.3 Å². The maximum Gasteiger partial charge on any atom is 0.129 e. The molecule has 5 heteroatoms. The Morgan fingerprint density at radius 1 is 0.903 bits per heavy atom. The van der Waals surface area contributed by atoms with E-state index in [0.29, 0.717) is 18.2 Å². The molecule has 156 valence electrons. The topological polar surface area (TPSA) is 42.8 Å². The summed E-state index contributed by atoms with van der Waals surface area (Å²) in [6.07, 6.45) is 1.81. The number of halogens is 1. The highest BCUT2D eigenvalue weighted by Gasteiger charge is 2.08. The third-order valence-corrected chi connectivity index (χ3v) is 5.20. The number of benzene rings is 4. The predicted molar refractivity (Wildman–Crippen MR) is 127 cm³/mol. The summed E-state index contributed by atoms with van der Waals surface area (Å²) in [5.41, 5.74) is 6.09. The summed E-state index contributed by atoms with van der Waals surface area (Å²) in [6.45, 7) is 0.984. The third kappa shape index (κ3) is 5.16. The van der Waals surface area contributed by atoms with Crippen molar-refractivity contribution in [3.05, 3.63) is 107 Å². The highest BCUT2D eigenvalue weighted by Crippen LogP contribution is 2.27. The minimum Gasteiger partial charge on any atom is -0.496 e. The predicted octanol–water partition coefficient (Wildman–Crippen LogP) is 6.20. The highest BCUT2D eigenvalue weighted by atomic mass is 35.5. The monoisotopic (exact) mass is 430 g/mol. The van der Waals surface area contributed by atoms with E-state index in [1.807, 2.05) is 72.9 Å². The molecule has 0 aliphatic rings. The Hall–Kier alpha value is -3.50. The maximum absolute atomic E-state index is 6.14. The summed E-state index contributed by atoms with van der Waals surface area (Å²) < 4.78 is 11.5. The number of nitrogens with zero attached hydrogens (tertiary/aromatic N) is 1. The number of hydrogen-bond donors (Lipinski definition) is 1. The molecule has 4 nitrogen and oxygen atoms in total. The molecular weight excluding hydrogens is 408 g/mol. The molecule has 0 fully saturated rings. The highest BCUT2D eigenvalue weighted by molar-refractivity contribution is 6.30. The molecule has 31 heavy (non-hydrogen) atoms. The van der Waals surface area contributed by atoms with Gasteiger partial charge in [0.05, 0.1) is 19.9 Å². The van der Waals surface area contributed by atoms with Crippen LogP contribution >= 0.6 is 11.6 Å². The first-order valence-electron chi connectivity index (χ1n) is 10.0. The van der Waals surface area contributed by atoms with E-state index in [1.54, 1.807) is 7.11 Å². The van der Waals surface area contributed by atoms with Crippen molar-refractivity contribution in [1.29, 1.82) is 0 Å². The number of ether oxygens (including phenoxy) is 2. The van der Waals surface area contributed by atoms with Gasteiger partial charge in [0.25, 0.3) is 0 Å². The van der Waals surface area contributed by atoms with Crippen LogP contribution in [0.3, 0.4) is 0 Å². The molecule has 0 amide bonds. The third-order valence-electron chi connectivity index (χ3n) is 4.96. The lowest BCUT2D eigenvalue weighted by atomic mass is 10.0. The maximum atomic E-state index is 6.14. The SMILES string of the molecule is COc1ccccc1CN/N=C/c1c(OCc2cccc(Cl)c2)ccc2ccccc12. The van der Waals surface area contributed by atoms with Crippen molar-refractivity contribution in [1.82, 2.24) is 5.43 Å². The Morgan fingerprint density at radius 3 is 2.61 bits per heavy atom. The van der Waals surface area contributed by atoms with Crippen LogP contribution in [-0.2, 0) is 13.2 Å². The summed E-state index contributed by atoms with van der Waals surface area (Å²) in [4.78, 5) is 0. The van der Waals surface area contributed by atoms with Crippen LogP contribution in [0.2, 0.25) is 5.02 Å². The van der Waals surface area contributed by atoms with Gasteiger partial charge in [-0.05, 0) is 40.6 Å². The molecule has 0 radical (unpaired) electrons. The first-order valence-corrected chi connectivity index (χ1v) is 10.4. The Labute approximate surface area is 187 Å². The van der Waals surface area contributed by atoms with Gasteiger partial charge in [0, 0.05) is 16.1 Å². The molecule has 0 saturated heterocycles. The van der Waals surface area contributed by atoms with Crippen LogP contribution in [0.4, 0.5) is 0 Å². The van der Waals surface area contributed by atoms with Crippen LogP contribution in [0, 0.1) is 0 Å². The minimum atomic E-state index is 0.425. The van der Waals surface area contributed by atoms with Crippen molar-refractivity contribution in [2.45, 2.75) is 13.2 Å². The van der Waals surface area contributed by atoms with Crippen molar-refractivity contribution in [2.75, 3.05) is 7.11 Å². The van der Waals surface area contributed by atoms with E-state index in [0.717, 1.165) is 39.0 Å². The molecule has 0 spiro atoms. The van der Waals surface area contributed by atoms with Crippen molar-refractivity contribution < 1.29 is 9.47 Å². The van der Waals surface area contributed by atoms with E-state index in [2.05, 4.69) is 28.7 Å². The van der Waals surface area contributed by atoms with Gasteiger partial charge < -0.3 is 14.9 Å². The zero-order valence-electron chi connectivity index (χ0n) is 17.2. The van der Waals surface area contributed by atoms with Gasteiger partial charge in [-0.3, -0.25) is 0 Å². The Balaban J connectivity index is 1.55. The second-order valence-electron chi connectivity index (χ2n) is 7.02. The van der Waals surface area contributed by atoms with Crippen LogP contribution in [0.5, 0.6) is 11.5 Å². The smallest absolute Gasteiger partial charge is 0.129 e. The second kappa shape index (κ2) is 10.0. The van der Waals surface area contributed by atoms with Gasteiger partial charge in [0.15, 0.2) is 0 Å². The molecule has 0 aliphatic carbocycles. The van der Waals surface area contributed by atoms with Crippen LogP contribution < -0.4 is 14.9 Å². The number of para-hydroxylation sites is 1. The number of hydrogen-bond acceptors (Lipinski definition) is 4. The van der Waals surface area contributed by atoms with Gasteiger partial charge >= 0.3 is 0 Å². The number of hydrazone groups is 1. The van der Waals surface area contributed by atoms with E-state index in [4.69, 9.17) is 21.1 Å². The van der Waals surface area contributed by atoms with Gasteiger partial charge in [-0.1, -0.05) is 72.3 Å². The van der Waals surface area contributed by atoms with Gasteiger partial charge in [-0.25, -0.2) is 0 Å². The molecule has 4 rings (SSSR count). The quantitative estimate of drug-likeness (QED) is 0.267. The van der Waals surface area contributed by atoms with Crippen LogP contribution in [0.1, 0.15) is 16.7 Å². The van der Waals surface area contributed by atoms with Gasteiger partial charge in [-0.2, -0.15) is 5.10 Å². The van der Waals surface area contributed by atoms with E-state index in [1.165, 1.54) is 0 Å². The molecule has 4 aromatic carbocycles. The van der Waals surface area contributed by atoms with E-state index in [-0.39, 0.29) is 0 Å². The van der Waals surface area contributed by atoms with Crippen molar-refractivity contribution in [3.63, 3.8) is 0 Å². The fraction of sp³-hybridized carbons (Fsp3) is 0.115. The first kappa shape index (κ1) is 20.8. The summed E-state index contributed by atoms with van der Waals surface area (Å²) in [5.74, 6) is 1.60. The average Bonchev–Trinajstić information content (AvgIpc) is 2.81.